The summed E-state index contributed by atoms with van der Waals surface area (Å²) in [5, 5.41) is 4.10. The number of fused-ring (bicyclic) bond motifs is 1. The highest BCUT2D eigenvalue weighted by atomic mass is 32.2. The lowest BCUT2D eigenvalue weighted by Gasteiger charge is -2.27. The predicted octanol–water partition coefficient (Wildman–Crippen LogP) is 1.20. The average molecular weight is 218 g/mol. The van der Waals surface area contributed by atoms with Crippen molar-refractivity contribution >= 4 is 22.7 Å². The van der Waals surface area contributed by atoms with Gasteiger partial charge in [0.05, 0.1) is 5.04 Å². The van der Waals surface area contributed by atoms with Gasteiger partial charge in [0.25, 0.3) is 0 Å². The molecule has 2 aliphatic heterocycles. The Balaban J connectivity index is 1.73. The van der Waals surface area contributed by atoms with Crippen molar-refractivity contribution in [1.29, 1.82) is 0 Å². The molecule has 0 spiro atoms. The number of carbonyl (C=O) groups is 1. The summed E-state index contributed by atoms with van der Waals surface area (Å²) >= 11 is 1.68. The molecule has 0 aromatic heterocycles. The highest BCUT2D eigenvalue weighted by Gasteiger charge is 2.44. The van der Waals surface area contributed by atoms with E-state index in [1.165, 1.54) is 5.56 Å². The summed E-state index contributed by atoms with van der Waals surface area (Å²) in [5.41, 5.74) is 1.25. The fourth-order valence-electron chi connectivity index (χ4n) is 1.76. The molecular weight excluding hydrogens is 208 g/mol. The fraction of sp³-hybridized carbons (Fsp3) is 0.273. The molecule has 0 saturated carbocycles. The van der Waals surface area contributed by atoms with Crippen molar-refractivity contribution in [2.75, 3.05) is 0 Å². The molecule has 1 aromatic rings. The molecule has 1 saturated heterocycles. The quantitative estimate of drug-likeness (QED) is 0.758. The van der Waals surface area contributed by atoms with Gasteiger partial charge in [-0.25, -0.2) is 0 Å². The van der Waals surface area contributed by atoms with Crippen molar-refractivity contribution in [1.82, 2.24) is 5.32 Å². The summed E-state index contributed by atoms with van der Waals surface area (Å²) < 4.78 is 0. The second-order valence-electron chi connectivity index (χ2n) is 3.68. The van der Waals surface area contributed by atoms with Crippen LogP contribution in [0.4, 0.5) is 0 Å². The van der Waals surface area contributed by atoms with E-state index >= 15 is 0 Å². The van der Waals surface area contributed by atoms with Crippen LogP contribution in [-0.2, 0) is 11.2 Å². The molecule has 1 aromatic carbocycles. The molecule has 1 N–H and O–H groups in total. The second-order valence-corrected chi connectivity index (χ2v) is 4.89. The lowest BCUT2D eigenvalue weighted by molar-refractivity contribution is -0.127. The maximum atomic E-state index is 11.1. The summed E-state index contributed by atoms with van der Waals surface area (Å²) in [5.74, 6) is 0.0653. The Morgan fingerprint density at radius 1 is 1.33 bits per heavy atom. The van der Waals surface area contributed by atoms with Crippen LogP contribution in [-0.4, -0.2) is 22.4 Å². The van der Waals surface area contributed by atoms with E-state index < -0.39 is 0 Å². The van der Waals surface area contributed by atoms with Crippen LogP contribution in [0, 0.1) is 0 Å². The molecule has 3 rings (SSSR count). The van der Waals surface area contributed by atoms with Gasteiger partial charge in [-0.15, -0.1) is 0 Å². The fourth-order valence-corrected chi connectivity index (χ4v) is 2.96. The van der Waals surface area contributed by atoms with Gasteiger partial charge in [-0.1, -0.05) is 42.1 Å². The van der Waals surface area contributed by atoms with E-state index in [0.717, 1.165) is 11.5 Å². The van der Waals surface area contributed by atoms with Crippen molar-refractivity contribution < 1.29 is 4.79 Å². The molecule has 2 atom stereocenters. The van der Waals surface area contributed by atoms with Gasteiger partial charge in [-0.05, 0) is 5.56 Å². The third-order valence-corrected chi connectivity index (χ3v) is 3.74. The number of thioether (sulfide) groups is 1. The first kappa shape index (κ1) is 8.97. The number of hydrogen-bond donors (Lipinski definition) is 1. The molecule has 0 radical (unpaired) electrons. The van der Waals surface area contributed by atoms with Crippen molar-refractivity contribution in [3.63, 3.8) is 0 Å². The zero-order chi connectivity index (χ0) is 10.3. The minimum atomic E-state index is -0.117. The van der Waals surface area contributed by atoms with Crippen molar-refractivity contribution in [2.24, 2.45) is 4.99 Å². The van der Waals surface area contributed by atoms with Gasteiger partial charge in [0, 0.05) is 6.42 Å². The van der Waals surface area contributed by atoms with Crippen LogP contribution in [0.25, 0.3) is 0 Å². The van der Waals surface area contributed by atoms with Crippen molar-refractivity contribution in [3.05, 3.63) is 35.9 Å². The zero-order valence-electron chi connectivity index (χ0n) is 8.01. The molecule has 0 bridgehead atoms. The van der Waals surface area contributed by atoms with Gasteiger partial charge in [0.2, 0.25) is 5.91 Å². The SMILES string of the molecule is O=C1N[C@@H]2SC(Cc3ccccc3)=N[C@H]12. The highest BCUT2D eigenvalue weighted by Crippen LogP contribution is 2.32. The third-order valence-electron chi connectivity index (χ3n) is 2.58. The number of carbonyl (C=O) groups excluding carboxylic acids is 1. The predicted molar refractivity (Wildman–Crippen MR) is 60.9 cm³/mol. The highest BCUT2D eigenvalue weighted by molar-refractivity contribution is 8.14. The topological polar surface area (TPSA) is 41.5 Å². The van der Waals surface area contributed by atoms with Gasteiger partial charge in [0.15, 0.2) is 6.04 Å². The van der Waals surface area contributed by atoms with E-state index in [4.69, 9.17) is 0 Å². The van der Waals surface area contributed by atoms with Crippen LogP contribution in [0.15, 0.2) is 35.3 Å². The Bertz CT molecular complexity index is 429. The van der Waals surface area contributed by atoms with E-state index in [-0.39, 0.29) is 17.3 Å². The molecule has 3 nitrogen and oxygen atoms in total. The lowest BCUT2D eigenvalue weighted by Crippen LogP contribution is -2.57. The van der Waals surface area contributed by atoms with Gasteiger partial charge in [-0.3, -0.25) is 9.79 Å². The smallest absolute Gasteiger partial charge is 0.248 e. The maximum absolute atomic E-state index is 11.1. The van der Waals surface area contributed by atoms with Crippen LogP contribution < -0.4 is 5.32 Å². The van der Waals surface area contributed by atoms with Crippen LogP contribution in [0.2, 0.25) is 0 Å². The molecule has 1 fully saturated rings. The molecule has 0 aliphatic carbocycles. The number of amides is 1. The largest absolute Gasteiger partial charge is 0.339 e. The van der Waals surface area contributed by atoms with Crippen LogP contribution >= 0.6 is 11.8 Å². The Morgan fingerprint density at radius 2 is 2.13 bits per heavy atom. The number of nitrogens with one attached hydrogen (secondary N) is 1. The summed E-state index contributed by atoms with van der Waals surface area (Å²) in [4.78, 5) is 15.5. The first-order valence-electron chi connectivity index (χ1n) is 4.90. The minimum absolute atomic E-state index is 0.0653. The van der Waals surface area contributed by atoms with Crippen molar-refractivity contribution in [2.45, 2.75) is 17.8 Å². The number of rotatable bonds is 2. The first-order chi connectivity index (χ1) is 7.33. The average Bonchev–Trinajstić information content (AvgIpc) is 2.57. The Morgan fingerprint density at radius 3 is 2.80 bits per heavy atom. The van der Waals surface area contributed by atoms with E-state index in [1.54, 1.807) is 11.8 Å². The van der Waals surface area contributed by atoms with Crippen LogP contribution in [0.3, 0.4) is 0 Å². The molecule has 15 heavy (non-hydrogen) atoms. The number of hydrogen-bond acceptors (Lipinski definition) is 3. The molecule has 2 heterocycles. The standard InChI is InChI=1S/C11H10N2OS/c14-10-9-11(13-10)15-8(12-9)6-7-4-2-1-3-5-7/h1-5,9,11H,6H2,(H,13,14)/t9-,11-/m1/s1. The molecule has 1 amide bonds. The summed E-state index contributed by atoms with van der Waals surface area (Å²) in [6, 6.07) is 10.1. The summed E-state index contributed by atoms with van der Waals surface area (Å²) in [7, 11) is 0. The number of benzene rings is 1. The van der Waals surface area contributed by atoms with E-state index in [2.05, 4.69) is 22.4 Å². The molecule has 76 valence electrons. The van der Waals surface area contributed by atoms with E-state index in [9.17, 15) is 4.79 Å². The van der Waals surface area contributed by atoms with E-state index in [0.29, 0.717) is 0 Å². The van der Waals surface area contributed by atoms with E-state index in [1.807, 2.05) is 18.2 Å². The minimum Gasteiger partial charge on any atom is -0.339 e. The Hall–Kier alpha value is -1.29. The first-order valence-corrected chi connectivity index (χ1v) is 5.78. The number of β-lactam (4-membered cyclic amide) rings is 1. The normalized spacial score (nSPS) is 27.7. The third kappa shape index (κ3) is 1.55. The lowest BCUT2D eigenvalue weighted by atomic mass is 10.1. The second kappa shape index (κ2) is 3.38. The molecule has 0 unspecified atom stereocenters. The van der Waals surface area contributed by atoms with Crippen LogP contribution in [0.1, 0.15) is 5.56 Å². The van der Waals surface area contributed by atoms with Crippen molar-refractivity contribution in [3.8, 4) is 0 Å². The maximum Gasteiger partial charge on any atom is 0.248 e. The Kier molecular flexibility index (Phi) is 2.02. The molecule has 2 aliphatic rings. The van der Waals surface area contributed by atoms with Gasteiger partial charge < -0.3 is 5.32 Å². The summed E-state index contributed by atoms with van der Waals surface area (Å²) in [6.07, 6.45) is 0.841. The number of aliphatic imine (C=N–C) groups is 1. The van der Waals surface area contributed by atoms with Gasteiger partial charge in [-0.2, -0.15) is 0 Å². The number of nitrogens with zero attached hydrogens (tertiary/aromatic N) is 1. The van der Waals surface area contributed by atoms with Crippen LogP contribution in [0.5, 0.6) is 0 Å². The zero-order valence-corrected chi connectivity index (χ0v) is 8.83. The van der Waals surface area contributed by atoms with Gasteiger partial charge >= 0.3 is 0 Å². The Labute approximate surface area is 92.0 Å². The molecular formula is C11H10N2OS. The molecule has 4 heteroatoms. The van der Waals surface area contributed by atoms with Gasteiger partial charge in [0.1, 0.15) is 5.37 Å². The monoisotopic (exact) mass is 218 g/mol. The summed E-state index contributed by atoms with van der Waals surface area (Å²) in [6.45, 7) is 0.